The molecule has 2 N–H and O–H groups in total. The van der Waals surface area contributed by atoms with Gasteiger partial charge in [-0.05, 0) is 13.8 Å². The Bertz CT molecular complexity index is 538. The van der Waals surface area contributed by atoms with Crippen molar-refractivity contribution in [1.82, 2.24) is 20.1 Å². The minimum absolute atomic E-state index is 0.446. The van der Waals surface area contributed by atoms with Gasteiger partial charge in [-0.1, -0.05) is 0 Å². The molecule has 0 amide bonds. The fourth-order valence-electron chi connectivity index (χ4n) is 1.93. The number of hydrogen-bond donors (Lipinski definition) is 2. The zero-order chi connectivity index (χ0) is 12.0. The third-order valence-corrected chi connectivity index (χ3v) is 3.03. The Morgan fingerprint density at radius 3 is 3.00 bits per heavy atom. The van der Waals surface area contributed by atoms with Gasteiger partial charge in [-0.15, -0.1) is 0 Å². The third kappa shape index (κ3) is 1.65. The van der Waals surface area contributed by atoms with Crippen LogP contribution in [0.5, 0.6) is 0 Å². The maximum Gasteiger partial charge on any atom is 0.323 e. The van der Waals surface area contributed by atoms with Gasteiger partial charge in [0.05, 0.1) is 17.5 Å². The molecule has 3 heterocycles. The predicted molar refractivity (Wildman–Crippen MR) is 59.8 cm³/mol. The van der Waals surface area contributed by atoms with E-state index in [0.717, 1.165) is 22.7 Å². The molecule has 6 heteroatoms. The number of aliphatic hydroxyl groups excluding tert-OH is 1. The summed E-state index contributed by atoms with van der Waals surface area (Å²) in [5.41, 5.74) is 2.54. The first-order chi connectivity index (χ1) is 8.15. The minimum atomic E-state index is -0.510. The third-order valence-electron chi connectivity index (χ3n) is 3.03. The Balaban J connectivity index is 2.04. The zero-order valence-corrected chi connectivity index (χ0v) is 9.77. The lowest BCUT2D eigenvalue weighted by Crippen LogP contribution is -2.27. The van der Waals surface area contributed by atoms with E-state index in [0.29, 0.717) is 19.1 Å². The maximum atomic E-state index is 9.81. The first-order valence-corrected chi connectivity index (χ1v) is 5.57. The summed E-state index contributed by atoms with van der Waals surface area (Å²) < 4.78 is 7.08. The Labute approximate surface area is 98.3 Å². The molecule has 0 fully saturated rings. The van der Waals surface area contributed by atoms with E-state index >= 15 is 0 Å². The fraction of sp³-hybridized carbons (Fsp3) is 0.455. The molecular formula is C11H14N4O2. The number of hydrogen-bond acceptors (Lipinski definition) is 5. The number of β-amino-alcohol motifs (C(OH)–C–C–N with tert-alkyl or cyclic N) is 1. The molecule has 1 aliphatic rings. The van der Waals surface area contributed by atoms with Gasteiger partial charge < -0.3 is 14.8 Å². The van der Waals surface area contributed by atoms with Crippen molar-refractivity contribution < 1.29 is 9.52 Å². The molecular weight excluding hydrogens is 220 g/mol. The highest BCUT2D eigenvalue weighted by atomic mass is 16.4. The van der Waals surface area contributed by atoms with E-state index in [1.165, 1.54) is 0 Å². The highest BCUT2D eigenvalue weighted by Gasteiger charge is 2.22. The molecule has 1 atom stereocenters. The van der Waals surface area contributed by atoms with Crippen molar-refractivity contribution in [2.24, 2.45) is 0 Å². The van der Waals surface area contributed by atoms with E-state index in [9.17, 15) is 5.11 Å². The SMILES string of the molecule is Cc1nc(-n2cc3c(n2)CNCC3O)oc1C. The van der Waals surface area contributed by atoms with E-state index in [1.54, 1.807) is 10.9 Å². The van der Waals surface area contributed by atoms with Gasteiger partial charge in [0.25, 0.3) is 0 Å². The lowest BCUT2D eigenvalue weighted by molar-refractivity contribution is 0.165. The number of rotatable bonds is 1. The molecule has 0 aromatic carbocycles. The van der Waals surface area contributed by atoms with Gasteiger partial charge in [-0.2, -0.15) is 14.8 Å². The topological polar surface area (TPSA) is 76.1 Å². The predicted octanol–water partition coefficient (Wildman–Crippen LogP) is 0.614. The quantitative estimate of drug-likeness (QED) is 0.756. The van der Waals surface area contributed by atoms with Crippen molar-refractivity contribution in [2.75, 3.05) is 6.54 Å². The van der Waals surface area contributed by atoms with Crippen LogP contribution in [-0.2, 0) is 6.54 Å². The number of aryl methyl sites for hydroxylation is 2. The van der Waals surface area contributed by atoms with E-state index in [2.05, 4.69) is 15.4 Å². The van der Waals surface area contributed by atoms with E-state index in [-0.39, 0.29) is 0 Å². The van der Waals surface area contributed by atoms with Crippen LogP contribution in [0.1, 0.15) is 28.8 Å². The summed E-state index contributed by atoms with van der Waals surface area (Å²) in [6.45, 7) is 4.98. The van der Waals surface area contributed by atoms with Gasteiger partial charge in [0, 0.05) is 24.8 Å². The molecule has 2 aromatic rings. The molecule has 3 rings (SSSR count). The van der Waals surface area contributed by atoms with Crippen LogP contribution in [-0.4, -0.2) is 26.4 Å². The number of aliphatic hydroxyl groups is 1. The van der Waals surface area contributed by atoms with Crippen LogP contribution < -0.4 is 5.32 Å². The molecule has 90 valence electrons. The summed E-state index contributed by atoms with van der Waals surface area (Å²) in [5, 5.41) is 17.3. The number of nitrogens with zero attached hydrogens (tertiary/aromatic N) is 3. The van der Waals surface area contributed by atoms with Gasteiger partial charge in [0.1, 0.15) is 5.76 Å². The summed E-state index contributed by atoms with van der Waals surface area (Å²) >= 11 is 0. The van der Waals surface area contributed by atoms with Crippen molar-refractivity contribution in [3.05, 3.63) is 28.9 Å². The van der Waals surface area contributed by atoms with Crippen molar-refractivity contribution in [3.8, 4) is 6.01 Å². The lowest BCUT2D eigenvalue weighted by Gasteiger charge is -2.16. The molecule has 1 aliphatic heterocycles. The molecule has 6 nitrogen and oxygen atoms in total. The molecule has 0 saturated heterocycles. The average molecular weight is 234 g/mol. The van der Waals surface area contributed by atoms with Crippen molar-refractivity contribution >= 4 is 0 Å². The van der Waals surface area contributed by atoms with Crippen LogP contribution in [0.2, 0.25) is 0 Å². The first-order valence-electron chi connectivity index (χ1n) is 5.57. The lowest BCUT2D eigenvalue weighted by atomic mass is 10.1. The Kier molecular flexibility index (Phi) is 2.27. The standard InChI is InChI=1S/C11H14N4O2/c1-6-7(2)17-11(13-6)15-5-8-9(14-15)3-12-4-10(8)16/h5,10,12,16H,3-4H2,1-2H3. The van der Waals surface area contributed by atoms with Gasteiger partial charge in [-0.3, -0.25) is 0 Å². The van der Waals surface area contributed by atoms with Crippen LogP contribution in [0.15, 0.2) is 10.6 Å². The summed E-state index contributed by atoms with van der Waals surface area (Å²) in [6.07, 6.45) is 1.27. The van der Waals surface area contributed by atoms with Crippen LogP contribution in [0, 0.1) is 13.8 Å². The van der Waals surface area contributed by atoms with Crippen LogP contribution >= 0.6 is 0 Å². The smallest absolute Gasteiger partial charge is 0.323 e. The Hall–Kier alpha value is -1.66. The number of nitrogens with one attached hydrogen (secondary N) is 1. The molecule has 1 unspecified atom stereocenters. The van der Waals surface area contributed by atoms with Crippen molar-refractivity contribution in [2.45, 2.75) is 26.5 Å². The second kappa shape index (κ2) is 3.68. The molecule has 0 bridgehead atoms. The maximum absolute atomic E-state index is 9.81. The summed E-state index contributed by atoms with van der Waals surface area (Å²) in [5.74, 6) is 0.784. The van der Waals surface area contributed by atoms with Crippen molar-refractivity contribution in [1.29, 1.82) is 0 Å². The summed E-state index contributed by atoms with van der Waals surface area (Å²) in [6, 6.07) is 0.446. The summed E-state index contributed by atoms with van der Waals surface area (Å²) in [4.78, 5) is 4.28. The summed E-state index contributed by atoms with van der Waals surface area (Å²) in [7, 11) is 0. The fourth-order valence-corrected chi connectivity index (χ4v) is 1.93. The zero-order valence-electron chi connectivity index (χ0n) is 9.77. The number of oxazole rings is 1. The van der Waals surface area contributed by atoms with Crippen LogP contribution in [0.3, 0.4) is 0 Å². The first kappa shape index (κ1) is 10.5. The van der Waals surface area contributed by atoms with Crippen molar-refractivity contribution in [3.63, 3.8) is 0 Å². The molecule has 0 saturated carbocycles. The second-order valence-electron chi connectivity index (χ2n) is 4.26. The monoisotopic (exact) mass is 234 g/mol. The number of aromatic nitrogens is 3. The Morgan fingerprint density at radius 2 is 2.35 bits per heavy atom. The van der Waals surface area contributed by atoms with Gasteiger partial charge in [0.15, 0.2) is 0 Å². The molecule has 0 aliphatic carbocycles. The second-order valence-corrected chi connectivity index (χ2v) is 4.26. The van der Waals surface area contributed by atoms with Gasteiger partial charge in [0.2, 0.25) is 0 Å². The van der Waals surface area contributed by atoms with E-state index in [4.69, 9.17) is 4.42 Å². The average Bonchev–Trinajstić information content (AvgIpc) is 2.85. The van der Waals surface area contributed by atoms with Crippen LogP contribution in [0.25, 0.3) is 6.01 Å². The highest BCUT2D eigenvalue weighted by Crippen LogP contribution is 2.22. The molecule has 0 radical (unpaired) electrons. The Morgan fingerprint density at radius 1 is 1.53 bits per heavy atom. The van der Waals surface area contributed by atoms with Gasteiger partial charge >= 0.3 is 6.01 Å². The highest BCUT2D eigenvalue weighted by molar-refractivity contribution is 5.26. The van der Waals surface area contributed by atoms with Crippen LogP contribution in [0.4, 0.5) is 0 Å². The normalized spacial score (nSPS) is 19.4. The van der Waals surface area contributed by atoms with E-state index < -0.39 is 6.10 Å². The van der Waals surface area contributed by atoms with E-state index in [1.807, 2.05) is 13.8 Å². The molecule has 0 spiro atoms. The number of fused-ring (bicyclic) bond motifs is 1. The largest absolute Gasteiger partial charge is 0.427 e. The molecule has 17 heavy (non-hydrogen) atoms. The molecule has 2 aromatic heterocycles. The van der Waals surface area contributed by atoms with Gasteiger partial charge in [-0.25, -0.2) is 0 Å². The minimum Gasteiger partial charge on any atom is -0.427 e.